The summed E-state index contributed by atoms with van der Waals surface area (Å²) in [4.78, 5) is 21.6. The molecule has 9 rings (SSSR count). The van der Waals surface area contributed by atoms with Gasteiger partial charge in [-0.05, 0) is 90.1 Å². The van der Waals surface area contributed by atoms with Crippen molar-refractivity contribution in [3.05, 3.63) is 112 Å². The minimum absolute atomic E-state index is 0.0726. The average Bonchev–Trinajstić information content (AvgIpc) is 3.45. The van der Waals surface area contributed by atoms with Gasteiger partial charge in [0.05, 0.1) is 24.5 Å². The Hall–Kier alpha value is -4.76. The maximum atomic E-state index is 16.3. The van der Waals surface area contributed by atoms with Crippen molar-refractivity contribution >= 4 is 17.3 Å². The van der Waals surface area contributed by atoms with Crippen molar-refractivity contribution in [3.8, 4) is 17.2 Å². The van der Waals surface area contributed by atoms with Gasteiger partial charge in [0.25, 0.3) is 5.91 Å². The van der Waals surface area contributed by atoms with Crippen LogP contribution in [0.25, 0.3) is 0 Å². The van der Waals surface area contributed by atoms with Crippen LogP contribution >= 0.6 is 0 Å². The molecule has 0 aromatic heterocycles. The van der Waals surface area contributed by atoms with Gasteiger partial charge >= 0.3 is 0 Å². The lowest BCUT2D eigenvalue weighted by atomic mass is 9.69. The lowest BCUT2D eigenvalue weighted by Crippen LogP contribution is -2.58. The van der Waals surface area contributed by atoms with Crippen LogP contribution in [-0.4, -0.2) is 86.9 Å². The summed E-state index contributed by atoms with van der Waals surface area (Å²) >= 11 is 0. The van der Waals surface area contributed by atoms with Crippen molar-refractivity contribution in [2.45, 2.75) is 50.1 Å². The van der Waals surface area contributed by atoms with E-state index >= 15 is 4.39 Å². The summed E-state index contributed by atoms with van der Waals surface area (Å²) in [7, 11) is 3.54. The Kier molecular flexibility index (Phi) is 8.49. The molecule has 4 aromatic carbocycles. The number of phenols is 1. The largest absolute Gasteiger partial charge is 0.508 e. The van der Waals surface area contributed by atoms with Crippen molar-refractivity contribution in [1.29, 1.82) is 0 Å². The standard InChI is InChI=1S/C43H47FN4O4/c1-45-24-30-19-39-41(21-35(30)43(45)50)52-26-31-25-46(16-17-48(31)39)23-27-12-14-47(15-13-27)38-22-40(51-2)36(20-37(38)44)42-33(28-6-4-3-5-7-28)10-8-29-18-32(49)9-11-34(29)42/h3-7,9,11,18-22,27,31,33,42,49H,8,10,12-17,23-26H2,1-2H3. The van der Waals surface area contributed by atoms with Crippen molar-refractivity contribution in [3.63, 3.8) is 0 Å². The van der Waals surface area contributed by atoms with E-state index in [1.54, 1.807) is 24.1 Å². The molecule has 2 fully saturated rings. The molecule has 2 saturated heterocycles. The number of methoxy groups -OCH3 is 1. The van der Waals surface area contributed by atoms with E-state index in [9.17, 15) is 9.90 Å². The van der Waals surface area contributed by atoms with Crippen LogP contribution < -0.4 is 19.3 Å². The summed E-state index contributed by atoms with van der Waals surface area (Å²) in [5.74, 6) is 2.30. The van der Waals surface area contributed by atoms with E-state index in [4.69, 9.17) is 9.47 Å². The molecule has 1 N–H and O–H groups in total. The molecule has 5 aliphatic rings. The molecule has 9 heteroatoms. The zero-order valence-corrected chi connectivity index (χ0v) is 30.1. The summed E-state index contributed by atoms with van der Waals surface area (Å²) in [6.45, 7) is 6.82. The Bertz CT molecular complexity index is 2000. The highest BCUT2D eigenvalue weighted by molar-refractivity contribution is 5.99. The molecule has 4 heterocycles. The van der Waals surface area contributed by atoms with Gasteiger partial charge in [-0.25, -0.2) is 4.39 Å². The SMILES string of the molecule is COc1cc(N2CCC(CN3CCN4c5cc6c(cc5OCC4C3)C(=O)N(C)C6)CC2)c(F)cc1C1c2ccc(O)cc2CCC1c1ccccc1. The molecule has 0 saturated carbocycles. The monoisotopic (exact) mass is 702 g/mol. The number of halogens is 1. The fourth-order valence-electron chi connectivity index (χ4n) is 9.74. The maximum absolute atomic E-state index is 16.3. The van der Waals surface area contributed by atoms with Gasteiger partial charge in [0.15, 0.2) is 0 Å². The summed E-state index contributed by atoms with van der Waals surface area (Å²) in [5.41, 5.74) is 7.93. The van der Waals surface area contributed by atoms with Crippen molar-refractivity contribution in [2.75, 3.05) is 69.8 Å². The van der Waals surface area contributed by atoms with Crippen molar-refractivity contribution in [1.82, 2.24) is 9.80 Å². The first-order chi connectivity index (χ1) is 25.3. The van der Waals surface area contributed by atoms with Gasteiger partial charge in [0.1, 0.15) is 29.7 Å². The Morgan fingerprint density at radius 2 is 1.73 bits per heavy atom. The Labute approximate surface area is 305 Å². The molecular formula is C43H47FN4O4. The minimum Gasteiger partial charge on any atom is -0.508 e. The molecule has 1 amide bonds. The first-order valence-corrected chi connectivity index (χ1v) is 18.9. The Morgan fingerprint density at radius 1 is 0.904 bits per heavy atom. The van der Waals surface area contributed by atoms with E-state index < -0.39 is 0 Å². The van der Waals surface area contributed by atoms with E-state index in [1.807, 2.05) is 37.4 Å². The second-order valence-electron chi connectivity index (χ2n) is 15.4. The fraction of sp³-hybridized carbons (Fsp3) is 0.419. The molecule has 52 heavy (non-hydrogen) atoms. The van der Waals surface area contributed by atoms with Crippen LogP contribution in [0, 0.1) is 11.7 Å². The third-order valence-electron chi connectivity index (χ3n) is 12.4. The smallest absolute Gasteiger partial charge is 0.254 e. The van der Waals surface area contributed by atoms with Crippen molar-refractivity contribution in [2.24, 2.45) is 5.92 Å². The zero-order chi connectivity index (χ0) is 35.5. The number of aryl methyl sites for hydroxylation is 1. The summed E-state index contributed by atoms with van der Waals surface area (Å²) in [5, 5.41) is 10.3. The molecule has 270 valence electrons. The van der Waals surface area contributed by atoms with Crippen LogP contribution in [0.5, 0.6) is 17.2 Å². The number of anilines is 2. The second-order valence-corrected chi connectivity index (χ2v) is 15.4. The number of fused-ring (bicyclic) bond motifs is 5. The van der Waals surface area contributed by atoms with E-state index in [0.29, 0.717) is 30.5 Å². The van der Waals surface area contributed by atoms with E-state index in [1.165, 1.54) is 5.56 Å². The van der Waals surface area contributed by atoms with Gasteiger partial charge in [-0.1, -0.05) is 36.4 Å². The molecule has 4 aromatic rings. The van der Waals surface area contributed by atoms with Gasteiger partial charge in [-0.15, -0.1) is 0 Å². The van der Waals surface area contributed by atoms with Gasteiger partial charge in [-0.2, -0.15) is 0 Å². The van der Waals surface area contributed by atoms with Crippen LogP contribution in [0.3, 0.4) is 0 Å². The number of aromatic hydroxyl groups is 1. The number of amides is 1. The lowest BCUT2D eigenvalue weighted by Gasteiger charge is -2.47. The molecular weight excluding hydrogens is 655 g/mol. The lowest BCUT2D eigenvalue weighted by molar-refractivity contribution is 0.0816. The summed E-state index contributed by atoms with van der Waals surface area (Å²) < 4.78 is 28.6. The third kappa shape index (κ3) is 5.83. The van der Waals surface area contributed by atoms with Crippen LogP contribution in [0.1, 0.15) is 69.3 Å². The maximum Gasteiger partial charge on any atom is 0.254 e. The number of phenolic OH excluding ortho intramolecular Hbond substituents is 1. The molecule has 4 aliphatic heterocycles. The molecule has 0 radical (unpaired) electrons. The molecule has 0 bridgehead atoms. The van der Waals surface area contributed by atoms with Crippen LogP contribution in [0.4, 0.5) is 15.8 Å². The number of benzene rings is 4. The number of piperazine rings is 1. The summed E-state index contributed by atoms with van der Waals surface area (Å²) in [6, 6.07) is 24.2. The van der Waals surface area contributed by atoms with E-state index in [0.717, 1.165) is 104 Å². The number of piperidine rings is 1. The van der Waals surface area contributed by atoms with Crippen LogP contribution in [-0.2, 0) is 13.0 Å². The predicted octanol–water partition coefficient (Wildman–Crippen LogP) is 6.79. The van der Waals surface area contributed by atoms with Gasteiger partial charge in [0.2, 0.25) is 0 Å². The number of carbonyl (C=O) groups excluding carboxylic acids is 1. The van der Waals surface area contributed by atoms with Crippen LogP contribution in [0.2, 0.25) is 0 Å². The molecule has 0 spiro atoms. The van der Waals surface area contributed by atoms with Crippen molar-refractivity contribution < 1.29 is 23.8 Å². The van der Waals surface area contributed by atoms with E-state index in [-0.39, 0.29) is 35.4 Å². The van der Waals surface area contributed by atoms with Gasteiger partial charge in [0, 0.05) is 76.0 Å². The second kappa shape index (κ2) is 13.3. The fourth-order valence-corrected chi connectivity index (χ4v) is 9.74. The number of hydrogen-bond donors (Lipinski definition) is 1. The van der Waals surface area contributed by atoms with Gasteiger partial charge in [-0.3, -0.25) is 9.69 Å². The number of rotatable bonds is 6. The number of nitrogens with zero attached hydrogens (tertiary/aromatic N) is 4. The number of carbonyl (C=O) groups is 1. The first kappa shape index (κ1) is 33.1. The predicted molar refractivity (Wildman–Crippen MR) is 201 cm³/mol. The topological polar surface area (TPSA) is 68.7 Å². The molecule has 8 nitrogen and oxygen atoms in total. The van der Waals surface area contributed by atoms with Gasteiger partial charge < -0.3 is 29.3 Å². The first-order valence-electron chi connectivity index (χ1n) is 18.9. The highest BCUT2D eigenvalue weighted by Gasteiger charge is 2.38. The Morgan fingerprint density at radius 3 is 2.54 bits per heavy atom. The zero-order valence-electron chi connectivity index (χ0n) is 30.1. The number of hydrogen-bond acceptors (Lipinski definition) is 7. The summed E-state index contributed by atoms with van der Waals surface area (Å²) in [6.07, 6.45) is 3.79. The number of ether oxygens (including phenoxy) is 2. The highest BCUT2D eigenvalue weighted by atomic mass is 19.1. The average molecular weight is 703 g/mol. The molecule has 3 unspecified atom stereocenters. The van der Waals surface area contributed by atoms with E-state index in [2.05, 4.69) is 45.0 Å². The quantitative estimate of drug-likeness (QED) is 0.238. The highest BCUT2D eigenvalue weighted by Crippen LogP contribution is 2.50. The normalized spacial score (nSPS) is 23.1. The molecule has 3 atom stereocenters. The molecule has 1 aliphatic carbocycles. The minimum atomic E-state index is -0.206. The third-order valence-corrected chi connectivity index (χ3v) is 12.4. The van der Waals surface area contributed by atoms with Crippen LogP contribution in [0.15, 0.2) is 72.8 Å². The Balaban J connectivity index is 0.879.